The molecule has 4 rings (SSSR count). The molecule has 0 aliphatic carbocycles. The van der Waals surface area contributed by atoms with Crippen LogP contribution in [-0.2, 0) is 9.53 Å². The monoisotopic (exact) mass is 497 g/mol. The number of fused-ring (bicyclic) bond motifs is 1. The van der Waals surface area contributed by atoms with Crippen molar-refractivity contribution < 1.29 is 19.0 Å². The summed E-state index contributed by atoms with van der Waals surface area (Å²) in [6, 6.07) is 6.26. The lowest BCUT2D eigenvalue weighted by Gasteiger charge is -2.26. The van der Waals surface area contributed by atoms with E-state index in [0.717, 1.165) is 41.1 Å². The Morgan fingerprint density at radius 2 is 2.20 bits per heavy atom. The van der Waals surface area contributed by atoms with Crippen molar-refractivity contribution in [3.05, 3.63) is 62.4 Å². The lowest BCUT2D eigenvalue weighted by atomic mass is 10.1. The zero-order chi connectivity index (χ0) is 22.1. The Hall–Kier alpha value is -2.10. The molecule has 1 saturated heterocycles. The van der Waals surface area contributed by atoms with Gasteiger partial charge >= 0.3 is 5.97 Å². The van der Waals surface area contributed by atoms with Crippen molar-refractivity contribution >= 4 is 39.1 Å². The average Bonchev–Trinajstić information content (AvgIpc) is 3.38. The summed E-state index contributed by atoms with van der Waals surface area (Å²) in [7, 11) is 1.00. The fourth-order valence-electron chi connectivity index (χ4n) is 3.14. The predicted molar refractivity (Wildman–Crippen MR) is 120 cm³/mol. The van der Waals surface area contributed by atoms with E-state index in [9.17, 15) is 9.18 Å². The second-order valence-electron chi connectivity index (χ2n) is 6.48. The molecule has 1 unspecified atom stereocenters. The van der Waals surface area contributed by atoms with E-state index in [4.69, 9.17) is 9.84 Å². The summed E-state index contributed by atoms with van der Waals surface area (Å²) in [6.07, 6.45) is 2.69. The number of benzene rings is 1. The molecule has 2 aliphatic rings. The fraction of sp³-hybridized carbons (Fsp3) is 0.381. The number of aliphatic hydroxyl groups excluding tert-OH is 1. The van der Waals surface area contributed by atoms with E-state index < -0.39 is 0 Å². The van der Waals surface area contributed by atoms with Gasteiger partial charge < -0.3 is 14.7 Å². The van der Waals surface area contributed by atoms with Crippen LogP contribution in [0.1, 0.15) is 25.3 Å². The Morgan fingerprint density at radius 3 is 2.77 bits per heavy atom. The molecule has 1 N–H and O–H groups in total. The predicted octanol–water partition coefficient (Wildman–Crippen LogP) is 4.26. The number of carbonyl (C=O) groups excluding carboxylic acids is 1. The summed E-state index contributed by atoms with van der Waals surface area (Å²) in [5, 5.41) is 9.86. The number of aliphatic hydroxyl groups is 1. The fourth-order valence-corrected chi connectivity index (χ4v) is 4.16. The SMILES string of the molecule is CCOC(=O)C1=C2CC(C)CN2C(c2nccs2)=NC1.CO.Fc1cccc(Br)c1. The summed E-state index contributed by atoms with van der Waals surface area (Å²) >= 11 is 4.70. The van der Waals surface area contributed by atoms with Crippen molar-refractivity contribution in [2.45, 2.75) is 20.3 Å². The highest BCUT2D eigenvalue weighted by Crippen LogP contribution is 2.34. The van der Waals surface area contributed by atoms with Gasteiger partial charge in [-0.25, -0.2) is 14.2 Å². The Morgan fingerprint density at radius 1 is 1.43 bits per heavy atom. The molecule has 0 radical (unpaired) electrons. The first-order valence-electron chi connectivity index (χ1n) is 9.46. The molecule has 0 amide bonds. The Balaban J connectivity index is 0.000000269. The Labute approximate surface area is 188 Å². The van der Waals surface area contributed by atoms with Gasteiger partial charge in [-0.05, 0) is 37.5 Å². The first-order chi connectivity index (χ1) is 14.5. The summed E-state index contributed by atoms with van der Waals surface area (Å²) in [5.41, 5.74) is 1.77. The van der Waals surface area contributed by atoms with Gasteiger partial charge in [0.2, 0.25) is 0 Å². The molecule has 2 aromatic rings. The molecule has 6 nitrogen and oxygen atoms in total. The van der Waals surface area contributed by atoms with Gasteiger partial charge in [-0.3, -0.25) is 4.99 Å². The van der Waals surface area contributed by atoms with Crippen LogP contribution in [0.5, 0.6) is 0 Å². The van der Waals surface area contributed by atoms with Crippen molar-refractivity contribution in [1.29, 1.82) is 0 Å². The van der Waals surface area contributed by atoms with E-state index in [2.05, 4.69) is 37.7 Å². The molecule has 30 heavy (non-hydrogen) atoms. The third kappa shape index (κ3) is 6.20. The second-order valence-corrected chi connectivity index (χ2v) is 8.29. The van der Waals surface area contributed by atoms with Gasteiger partial charge in [-0.15, -0.1) is 11.3 Å². The number of ether oxygens (including phenoxy) is 1. The lowest BCUT2D eigenvalue weighted by molar-refractivity contribution is -0.138. The van der Waals surface area contributed by atoms with Gasteiger partial charge in [-0.2, -0.15) is 0 Å². The van der Waals surface area contributed by atoms with E-state index in [1.807, 2.05) is 12.3 Å². The number of halogens is 2. The third-order valence-corrected chi connectivity index (χ3v) is 5.55. The number of rotatable bonds is 3. The maximum Gasteiger partial charge on any atom is 0.337 e. The largest absolute Gasteiger partial charge is 0.463 e. The molecule has 1 aromatic carbocycles. The summed E-state index contributed by atoms with van der Waals surface area (Å²) < 4.78 is 18.1. The van der Waals surface area contributed by atoms with Gasteiger partial charge in [0.25, 0.3) is 0 Å². The second kappa shape index (κ2) is 11.9. The smallest absolute Gasteiger partial charge is 0.337 e. The molecule has 9 heteroatoms. The maximum atomic E-state index is 12.1. The standard InChI is InChI=1S/C14H17N3O2S.C6H4BrF.CH4O/c1-3-19-14(18)10-7-16-12(13-15-4-5-20-13)17-8-9(2)6-11(10)17;7-5-2-1-3-6(8)4-5;1-2/h4-5,9H,3,6-8H2,1-2H3;1-4H;2H,1H3. The van der Waals surface area contributed by atoms with Crippen LogP contribution in [0.2, 0.25) is 0 Å². The van der Waals surface area contributed by atoms with Gasteiger partial charge in [0.1, 0.15) is 5.82 Å². The molecular weight excluding hydrogens is 473 g/mol. The first kappa shape index (κ1) is 24.2. The van der Waals surface area contributed by atoms with Crippen LogP contribution >= 0.6 is 27.3 Å². The number of aromatic nitrogens is 1. The van der Waals surface area contributed by atoms with E-state index in [0.29, 0.717) is 24.6 Å². The topological polar surface area (TPSA) is 75.0 Å². The van der Waals surface area contributed by atoms with E-state index in [1.54, 1.807) is 29.7 Å². The molecular formula is C21H25BrFN3O3S. The summed E-state index contributed by atoms with van der Waals surface area (Å²) in [4.78, 5) is 23.1. The maximum absolute atomic E-state index is 12.1. The van der Waals surface area contributed by atoms with Crippen molar-refractivity contribution in [2.75, 3.05) is 26.8 Å². The molecule has 1 fully saturated rings. The number of nitrogens with zero attached hydrogens (tertiary/aromatic N) is 3. The zero-order valence-electron chi connectivity index (χ0n) is 17.1. The van der Waals surface area contributed by atoms with Crippen molar-refractivity contribution in [1.82, 2.24) is 9.88 Å². The first-order valence-corrected chi connectivity index (χ1v) is 11.1. The number of aliphatic imine (C=N–C) groups is 1. The van der Waals surface area contributed by atoms with Crippen molar-refractivity contribution in [3.63, 3.8) is 0 Å². The van der Waals surface area contributed by atoms with Crippen LogP contribution in [0.3, 0.4) is 0 Å². The molecule has 0 spiro atoms. The van der Waals surface area contributed by atoms with Crippen molar-refractivity contribution in [3.8, 4) is 0 Å². The summed E-state index contributed by atoms with van der Waals surface area (Å²) in [5.74, 6) is 0.966. The van der Waals surface area contributed by atoms with Crippen LogP contribution in [0.25, 0.3) is 0 Å². The number of thiazole rings is 1. The number of esters is 1. The van der Waals surface area contributed by atoms with E-state index in [1.165, 1.54) is 12.1 Å². The van der Waals surface area contributed by atoms with Gasteiger partial charge in [0.15, 0.2) is 10.8 Å². The van der Waals surface area contributed by atoms with E-state index in [-0.39, 0.29) is 11.8 Å². The normalized spacial score (nSPS) is 17.2. The number of hydrogen-bond donors (Lipinski definition) is 1. The minimum atomic E-state index is -0.233. The minimum absolute atomic E-state index is 0.209. The Kier molecular flexibility index (Phi) is 9.61. The molecule has 0 saturated carbocycles. The number of hydrogen-bond acceptors (Lipinski definition) is 7. The minimum Gasteiger partial charge on any atom is -0.463 e. The van der Waals surface area contributed by atoms with Gasteiger partial charge in [-0.1, -0.05) is 28.9 Å². The zero-order valence-corrected chi connectivity index (χ0v) is 19.5. The Bertz CT molecular complexity index is 885. The molecule has 1 atom stereocenters. The molecule has 2 aliphatic heterocycles. The summed E-state index contributed by atoms with van der Waals surface area (Å²) in [6.45, 7) is 5.69. The lowest BCUT2D eigenvalue weighted by Crippen LogP contribution is -2.34. The number of carbonyl (C=O) groups is 1. The van der Waals surface area contributed by atoms with Gasteiger partial charge in [0.05, 0.1) is 18.7 Å². The molecule has 0 bridgehead atoms. The number of amidine groups is 1. The van der Waals surface area contributed by atoms with Crippen LogP contribution < -0.4 is 0 Å². The number of allylic oxidation sites excluding steroid dienone is 1. The quantitative estimate of drug-likeness (QED) is 0.641. The molecule has 162 valence electrons. The highest BCUT2D eigenvalue weighted by molar-refractivity contribution is 9.10. The van der Waals surface area contributed by atoms with Crippen LogP contribution in [0.4, 0.5) is 4.39 Å². The van der Waals surface area contributed by atoms with E-state index >= 15 is 0 Å². The van der Waals surface area contributed by atoms with Crippen molar-refractivity contribution in [2.24, 2.45) is 10.9 Å². The van der Waals surface area contributed by atoms with Crippen LogP contribution in [-0.4, -0.2) is 53.6 Å². The third-order valence-electron chi connectivity index (χ3n) is 4.28. The molecule has 1 aromatic heterocycles. The molecule has 3 heterocycles. The van der Waals surface area contributed by atoms with Gasteiger partial charge in [0, 0.05) is 35.4 Å². The highest BCUT2D eigenvalue weighted by Gasteiger charge is 2.35. The van der Waals surface area contributed by atoms with Crippen LogP contribution in [0.15, 0.2) is 56.6 Å². The van der Waals surface area contributed by atoms with Crippen LogP contribution in [0, 0.1) is 11.7 Å². The average molecular weight is 498 g/mol. The highest BCUT2D eigenvalue weighted by atomic mass is 79.9.